The average molecular weight is 230 g/mol. The van der Waals surface area contributed by atoms with E-state index in [9.17, 15) is 13.2 Å². The molecular formula is C9H14N2O3S. The molecule has 2 N–H and O–H groups in total. The molecule has 1 rings (SSSR count). The van der Waals surface area contributed by atoms with Gasteiger partial charge in [-0.15, -0.1) is 0 Å². The summed E-state index contributed by atoms with van der Waals surface area (Å²) in [5, 5.41) is 2.59. The second-order valence-electron chi connectivity index (χ2n) is 3.55. The van der Waals surface area contributed by atoms with Crippen molar-refractivity contribution >= 4 is 15.7 Å². The molecule has 0 aliphatic heterocycles. The third-order valence-electron chi connectivity index (χ3n) is 1.77. The number of carbonyl (C=O) groups is 1. The van der Waals surface area contributed by atoms with Gasteiger partial charge in [-0.3, -0.25) is 4.79 Å². The first-order valence-electron chi connectivity index (χ1n) is 4.50. The second kappa shape index (κ2) is 4.48. The maximum Gasteiger partial charge on any atom is 0.267 e. The number of amides is 1. The van der Waals surface area contributed by atoms with Crippen LogP contribution in [0, 0.1) is 0 Å². The van der Waals surface area contributed by atoms with Crippen LogP contribution in [0.5, 0.6) is 0 Å². The molecule has 1 aromatic heterocycles. The predicted molar refractivity (Wildman–Crippen MR) is 57.4 cm³/mol. The van der Waals surface area contributed by atoms with Crippen LogP contribution < -0.4 is 5.32 Å². The fraction of sp³-hybridized carbons (Fsp3) is 0.444. The number of carbonyl (C=O) groups excluding carboxylic acids is 1. The number of aromatic nitrogens is 1. The van der Waals surface area contributed by atoms with Gasteiger partial charge in [0.1, 0.15) is 15.5 Å². The van der Waals surface area contributed by atoms with E-state index < -0.39 is 15.9 Å². The molecule has 1 amide bonds. The van der Waals surface area contributed by atoms with Crippen LogP contribution in [0.25, 0.3) is 0 Å². The molecule has 0 saturated carbocycles. The molecule has 5 nitrogen and oxygen atoms in total. The van der Waals surface area contributed by atoms with Crippen LogP contribution in [0.2, 0.25) is 0 Å². The van der Waals surface area contributed by atoms with Gasteiger partial charge in [0.2, 0.25) is 0 Å². The summed E-state index contributed by atoms with van der Waals surface area (Å²) in [5.74, 6) is -0.351. The largest absolute Gasteiger partial charge is 0.357 e. The van der Waals surface area contributed by atoms with Crippen molar-refractivity contribution in [3.8, 4) is 0 Å². The Labute approximate surface area is 88.8 Å². The van der Waals surface area contributed by atoms with Gasteiger partial charge >= 0.3 is 0 Å². The number of aromatic amines is 1. The lowest BCUT2D eigenvalue weighted by molar-refractivity contribution is 0.0939. The Morgan fingerprint density at radius 3 is 2.73 bits per heavy atom. The average Bonchev–Trinajstić information content (AvgIpc) is 2.50. The zero-order valence-electron chi connectivity index (χ0n) is 8.65. The standard InChI is InChI=1S/C9H14N2O3S/c1-7(6-15(2,13)14)11-9(12)8-4-3-5-10-8/h3-5,7,10H,6H2,1-2H3,(H,11,12). The monoisotopic (exact) mass is 230 g/mol. The molecule has 0 spiro atoms. The molecule has 0 aliphatic carbocycles. The number of hydrogen-bond acceptors (Lipinski definition) is 3. The van der Waals surface area contributed by atoms with Gasteiger partial charge in [-0.1, -0.05) is 0 Å². The summed E-state index contributed by atoms with van der Waals surface area (Å²) in [7, 11) is -3.06. The van der Waals surface area contributed by atoms with Crippen LogP contribution in [-0.4, -0.2) is 37.4 Å². The quantitative estimate of drug-likeness (QED) is 0.774. The van der Waals surface area contributed by atoms with Gasteiger partial charge in [0.05, 0.1) is 5.75 Å². The van der Waals surface area contributed by atoms with Crippen molar-refractivity contribution in [1.29, 1.82) is 0 Å². The van der Waals surface area contributed by atoms with E-state index in [1.54, 1.807) is 25.3 Å². The summed E-state index contributed by atoms with van der Waals surface area (Å²) in [5.41, 5.74) is 0.426. The molecular weight excluding hydrogens is 216 g/mol. The van der Waals surface area contributed by atoms with Crippen molar-refractivity contribution in [3.05, 3.63) is 24.0 Å². The fourth-order valence-corrected chi connectivity index (χ4v) is 2.26. The first-order chi connectivity index (χ1) is 6.88. The summed E-state index contributed by atoms with van der Waals surface area (Å²) < 4.78 is 21.9. The van der Waals surface area contributed by atoms with Crippen LogP contribution in [0.4, 0.5) is 0 Å². The minimum absolute atomic E-state index is 0.0561. The van der Waals surface area contributed by atoms with Crippen LogP contribution >= 0.6 is 0 Å². The highest BCUT2D eigenvalue weighted by Crippen LogP contribution is 1.96. The second-order valence-corrected chi connectivity index (χ2v) is 5.74. The highest BCUT2D eigenvalue weighted by molar-refractivity contribution is 7.90. The lowest BCUT2D eigenvalue weighted by atomic mass is 10.3. The van der Waals surface area contributed by atoms with Gasteiger partial charge in [0.15, 0.2) is 0 Å². The van der Waals surface area contributed by atoms with Crippen molar-refractivity contribution in [2.45, 2.75) is 13.0 Å². The molecule has 1 unspecified atom stereocenters. The normalized spacial score (nSPS) is 13.5. The fourth-order valence-electron chi connectivity index (χ4n) is 1.27. The molecule has 84 valence electrons. The Morgan fingerprint density at radius 1 is 1.60 bits per heavy atom. The molecule has 1 heterocycles. The summed E-state index contributed by atoms with van der Waals surface area (Å²) in [6.45, 7) is 1.65. The Kier molecular flexibility index (Phi) is 3.52. The Balaban J connectivity index is 2.53. The number of sulfone groups is 1. The summed E-state index contributed by atoms with van der Waals surface area (Å²) in [6.07, 6.45) is 2.78. The van der Waals surface area contributed by atoms with Gasteiger partial charge in [0, 0.05) is 18.5 Å². The Morgan fingerprint density at radius 2 is 2.27 bits per heavy atom. The lowest BCUT2D eigenvalue weighted by Crippen LogP contribution is -2.37. The van der Waals surface area contributed by atoms with Gasteiger partial charge in [0.25, 0.3) is 5.91 Å². The van der Waals surface area contributed by atoms with E-state index >= 15 is 0 Å². The number of H-pyrrole nitrogens is 1. The lowest BCUT2D eigenvalue weighted by Gasteiger charge is -2.11. The molecule has 0 radical (unpaired) electrons. The van der Waals surface area contributed by atoms with Crippen molar-refractivity contribution in [3.63, 3.8) is 0 Å². The third-order valence-corrected chi connectivity index (χ3v) is 2.88. The highest BCUT2D eigenvalue weighted by Gasteiger charge is 2.14. The minimum Gasteiger partial charge on any atom is -0.357 e. The van der Waals surface area contributed by atoms with E-state index in [1.807, 2.05) is 0 Å². The number of hydrogen-bond donors (Lipinski definition) is 2. The molecule has 6 heteroatoms. The Bertz CT molecular complexity index is 422. The number of nitrogens with one attached hydrogen (secondary N) is 2. The molecule has 0 saturated heterocycles. The summed E-state index contributed by atoms with van der Waals surface area (Å²) >= 11 is 0. The van der Waals surface area contributed by atoms with Crippen LogP contribution in [0.1, 0.15) is 17.4 Å². The molecule has 1 aromatic rings. The number of rotatable bonds is 4. The SMILES string of the molecule is CC(CS(C)(=O)=O)NC(=O)c1ccc[nH]1. The predicted octanol–water partition coefficient (Wildman–Crippen LogP) is 0.178. The maximum atomic E-state index is 11.5. The van der Waals surface area contributed by atoms with Gasteiger partial charge in [-0.2, -0.15) is 0 Å². The van der Waals surface area contributed by atoms with Crippen LogP contribution in [0.15, 0.2) is 18.3 Å². The van der Waals surface area contributed by atoms with E-state index in [2.05, 4.69) is 10.3 Å². The Hall–Kier alpha value is -1.30. The molecule has 0 bridgehead atoms. The van der Waals surface area contributed by atoms with Gasteiger partial charge in [-0.25, -0.2) is 8.42 Å². The van der Waals surface area contributed by atoms with Crippen LogP contribution in [0.3, 0.4) is 0 Å². The van der Waals surface area contributed by atoms with E-state index in [-0.39, 0.29) is 11.7 Å². The van der Waals surface area contributed by atoms with E-state index in [1.165, 1.54) is 0 Å². The van der Waals surface area contributed by atoms with Crippen molar-refractivity contribution in [1.82, 2.24) is 10.3 Å². The molecule has 0 fully saturated rings. The molecule has 0 aromatic carbocycles. The highest BCUT2D eigenvalue weighted by atomic mass is 32.2. The molecule has 15 heavy (non-hydrogen) atoms. The van der Waals surface area contributed by atoms with E-state index in [0.717, 1.165) is 6.26 Å². The maximum absolute atomic E-state index is 11.5. The van der Waals surface area contributed by atoms with E-state index in [4.69, 9.17) is 0 Å². The van der Waals surface area contributed by atoms with Gasteiger partial charge in [-0.05, 0) is 19.1 Å². The molecule has 1 atom stereocenters. The van der Waals surface area contributed by atoms with E-state index in [0.29, 0.717) is 5.69 Å². The zero-order chi connectivity index (χ0) is 11.5. The van der Waals surface area contributed by atoms with Crippen molar-refractivity contribution in [2.75, 3.05) is 12.0 Å². The first kappa shape index (κ1) is 11.8. The van der Waals surface area contributed by atoms with Crippen molar-refractivity contribution in [2.24, 2.45) is 0 Å². The smallest absolute Gasteiger partial charge is 0.267 e. The topological polar surface area (TPSA) is 79.0 Å². The first-order valence-corrected chi connectivity index (χ1v) is 6.56. The zero-order valence-corrected chi connectivity index (χ0v) is 9.47. The summed E-state index contributed by atoms with van der Waals surface area (Å²) in [6, 6.07) is 2.94. The van der Waals surface area contributed by atoms with Crippen molar-refractivity contribution < 1.29 is 13.2 Å². The van der Waals surface area contributed by atoms with Crippen LogP contribution in [-0.2, 0) is 9.84 Å². The third kappa shape index (κ3) is 4.16. The minimum atomic E-state index is -3.06. The molecule has 0 aliphatic rings. The summed E-state index contributed by atoms with van der Waals surface area (Å²) in [4.78, 5) is 14.2. The van der Waals surface area contributed by atoms with Gasteiger partial charge < -0.3 is 10.3 Å².